The van der Waals surface area contributed by atoms with Crippen molar-refractivity contribution in [3.8, 4) is 0 Å². The molecule has 0 N–H and O–H groups in total. The first-order valence-electron chi connectivity index (χ1n) is 14.7. The summed E-state index contributed by atoms with van der Waals surface area (Å²) in [6.07, 6.45) is 8.07. The normalized spacial score (nSPS) is 36.6. The third kappa shape index (κ3) is 6.47. The SMILES string of the molecule is CC(=O)OCC[C@@]1(C)C(C2CC[C@H]3C[C@@H](OC(C)=O)CC[C@]3(C)C2=O)CC[C@@H]1[C@H](C)C(=O)CCC(C)C. The average molecular weight is 519 g/mol. The zero-order chi connectivity index (χ0) is 27.5. The lowest BCUT2D eigenvalue weighted by molar-refractivity contribution is -0.159. The largest absolute Gasteiger partial charge is 0.466 e. The number of ether oxygens (including phenoxy) is 2. The Morgan fingerprint density at radius 2 is 1.68 bits per heavy atom. The predicted molar refractivity (Wildman–Crippen MR) is 143 cm³/mol. The van der Waals surface area contributed by atoms with Crippen molar-refractivity contribution < 1.29 is 28.7 Å². The fourth-order valence-electron chi connectivity index (χ4n) is 8.23. The van der Waals surface area contributed by atoms with E-state index in [-0.39, 0.29) is 58.5 Å². The van der Waals surface area contributed by atoms with E-state index in [1.165, 1.54) is 13.8 Å². The fraction of sp³-hybridized carbons (Fsp3) is 0.871. The molecule has 0 aromatic carbocycles. The standard InChI is InChI=1S/C31H50O6/c1-19(2)8-13-28(34)20(3)26-11-12-27(31(26,7)16-17-36-21(4)32)25-10-9-23-18-24(37-22(5)33)14-15-30(23,6)29(25)35/h19-20,23-27H,8-18H2,1-7H3/t20-,23-,24-,25?,26+,27?,30-,31+/m0/s1. The highest BCUT2D eigenvalue weighted by Crippen LogP contribution is 2.60. The van der Waals surface area contributed by atoms with Crippen LogP contribution in [0.4, 0.5) is 0 Å². The van der Waals surface area contributed by atoms with Gasteiger partial charge in [-0.25, -0.2) is 0 Å². The number of hydrogen-bond donors (Lipinski definition) is 0. The summed E-state index contributed by atoms with van der Waals surface area (Å²) in [6, 6.07) is 0. The minimum absolute atomic E-state index is 0.0307. The smallest absolute Gasteiger partial charge is 0.302 e. The topological polar surface area (TPSA) is 86.7 Å². The van der Waals surface area contributed by atoms with Crippen LogP contribution < -0.4 is 0 Å². The number of esters is 2. The minimum atomic E-state index is -0.382. The molecule has 0 radical (unpaired) electrons. The maximum atomic E-state index is 14.2. The summed E-state index contributed by atoms with van der Waals surface area (Å²) in [5.74, 6) is 1.18. The Balaban J connectivity index is 1.81. The van der Waals surface area contributed by atoms with Crippen molar-refractivity contribution in [3.05, 3.63) is 0 Å². The number of ketones is 2. The molecule has 37 heavy (non-hydrogen) atoms. The van der Waals surface area contributed by atoms with Gasteiger partial charge in [0.2, 0.25) is 0 Å². The Morgan fingerprint density at radius 1 is 0.973 bits per heavy atom. The van der Waals surface area contributed by atoms with E-state index >= 15 is 0 Å². The molecule has 0 aliphatic heterocycles. The fourth-order valence-corrected chi connectivity index (χ4v) is 8.23. The molecule has 3 saturated carbocycles. The van der Waals surface area contributed by atoms with Crippen molar-refractivity contribution in [1.29, 1.82) is 0 Å². The number of carbonyl (C=O) groups excluding carboxylic acids is 4. The first-order valence-corrected chi connectivity index (χ1v) is 14.7. The van der Waals surface area contributed by atoms with Crippen molar-refractivity contribution in [2.45, 2.75) is 119 Å². The molecule has 0 aromatic rings. The number of fused-ring (bicyclic) bond motifs is 1. The van der Waals surface area contributed by atoms with Crippen LogP contribution in [-0.2, 0) is 28.7 Å². The Hall–Kier alpha value is -1.72. The van der Waals surface area contributed by atoms with E-state index in [1.807, 2.05) is 0 Å². The molecule has 6 heteroatoms. The van der Waals surface area contributed by atoms with Crippen molar-refractivity contribution in [2.24, 2.45) is 46.3 Å². The first-order chi connectivity index (χ1) is 17.3. The molecule has 210 valence electrons. The second kappa shape index (κ2) is 12.0. The molecular weight excluding hydrogens is 468 g/mol. The molecule has 0 spiro atoms. The molecule has 0 aromatic heterocycles. The Bertz CT molecular complexity index is 864. The second-order valence-electron chi connectivity index (χ2n) is 13.2. The highest BCUT2D eigenvalue weighted by molar-refractivity contribution is 5.88. The van der Waals surface area contributed by atoms with Crippen LogP contribution >= 0.6 is 0 Å². The van der Waals surface area contributed by atoms with Gasteiger partial charge in [0.1, 0.15) is 17.7 Å². The number of rotatable bonds is 10. The summed E-state index contributed by atoms with van der Waals surface area (Å²) < 4.78 is 10.9. The summed E-state index contributed by atoms with van der Waals surface area (Å²) in [6.45, 7) is 14.0. The lowest BCUT2D eigenvalue weighted by Crippen LogP contribution is -2.52. The van der Waals surface area contributed by atoms with Gasteiger partial charge in [-0.15, -0.1) is 0 Å². The Morgan fingerprint density at radius 3 is 2.30 bits per heavy atom. The summed E-state index contributed by atoms with van der Waals surface area (Å²) in [7, 11) is 0. The van der Waals surface area contributed by atoms with Gasteiger partial charge >= 0.3 is 11.9 Å². The van der Waals surface area contributed by atoms with Gasteiger partial charge < -0.3 is 9.47 Å². The van der Waals surface area contributed by atoms with Crippen LogP contribution in [0.25, 0.3) is 0 Å². The van der Waals surface area contributed by atoms with Gasteiger partial charge in [-0.05, 0) is 86.9 Å². The van der Waals surface area contributed by atoms with E-state index in [0.29, 0.717) is 36.9 Å². The highest BCUT2D eigenvalue weighted by atomic mass is 16.5. The lowest BCUT2D eigenvalue weighted by Gasteiger charge is -2.51. The molecular formula is C31H50O6. The molecule has 6 nitrogen and oxygen atoms in total. The van der Waals surface area contributed by atoms with E-state index in [4.69, 9.17) is 9.47 Å². The monoisotopic (exact) mass is 518 g/mol. The van der Waals surface area contributed by atoms with Crippen LogP contribution in [0.3, 0.4) is 0 Å². The van der Waals surface area contributed by atoms with Crippen LogP contribution in [0.5, 0.6) is 0 Å². The Kier molecular flexibility index (Phi) is 9.66. The predicted octanol–water partition coefficient (Wildman–Crippen LogP) is 6.33. The molecule has 2 unspecified atom stereocenters. The summed E-state index contributed by atoms with van der Waals surface area (Å²) in [5, 5.41) is 0. The quantitative estimate of drug-likeness (QED) is 0.314. The molecule has 3 aliphatic carbocycles. The van der Waals surface area contributed by atoms with Crippen molar-refractivity contribution in [1.82, 2.24) is 0 Å². The van der Waals surface area contributed by atoms with Gasteiger partial charge in [0, 0.05) is 37.5 Å². The van der Waals surface area contributed by atoms with Gasteiger partial charge in [0.15, 0.2) is 0 Å². The van der Waals surface area contributed by atoms with E-state index in [1.54, 1.807) is 0 Å². The molecule has 0 saturated heterocycles. The summed E-state index contributed by atoms with van der Waals surface area (Å²) in [4.78, 5) is 50.5. The molecule has 3 aliphatic rings. The van der Waals surface area contributed by atoms with Gasteiger partial charge in [0.05, 0.1) is 6.61 Å². The molecule has 0 bridgehead atoms. The molecule has 0 amide bonds. The summed E-state index contributed by atoms with van der Waals surface area (Å²) >= 11 is 0. The third-order valence-electron chi connectivity index (χ3n) is 10.5. The van der Waals surface area contributed by atoms with Crippen LogP contribution in [0.1, 0.15) is 113 Å². The first kappa shape index (κ1) is 29.8. The zero-order valence-electron chi connectivity index (χ0n) is 24.3. The maximum absolute atomic E-state index is 14.2. The van der Waals surface area contributed by atoms with Gasteiger partial charge in [-0.2, -0.15) is 0 Å². The molecule has 3 fully saturated rings. The molecule has 3 rings (SSSR count). The lowest BCUT2D eigenvalue weighted by atomic mass is 9.52. The van der Waals surface area contributed by atoms with Crippen LogP contribution in [0, 0.1) is 46.3 Å². The average Bonchev–Trinajstić information content (AvgIpc) is 3.14. The second-order valence-corrected chi connectivity index (χ2v) is 13.2. The van der Waals surface area contributed by atoms with Crippen molar-refractivity contribution in [2.75, 3.05) is 6.61 Å². The number of carbonyl (C=O) groups is 4. The van der Waals surface area contributed by atoms with Crippen molar-refractivity contribution >= 4 is 23.5 Å². The third-order valence-corrected chi connectivity index (χ3v) is 10.5. The zero-order valence-corrected chi connectivity index (χ0v) is 24.3. The highest BCUT2D eigenvalue weighted by Gasteiger charge is 2.58. The van der Waals surface area contributed by atoms with E-state index in [9.17, 15) is 19.2 Å². The molecule has 0 heterocycles. The number of Topliss-reactive ketones (excluding diaryl/α,β-unsaturated/α-hetero) is 2. The Labute approximate surface area is 224 Å². The van der Waals surface area contributed by atoms with E-state index in [2.05, 4.69) is 34.6 Å². The summed E-state index contributed by atoms with van der Waals surface area (Å²) in [5.41, 5.74) is -0.617. The number of hydrogen-bond acceptors (Lipinski definition) is 6. The van der Waals surface area contributed by atoms with Gasteiger partial charge in [-0.1, -0.05) is 34.6 Å². The van der Waals surface area contributed by atoms with Crippen molar-refractivity contribution in [3.63, 3.8) is 0 Å². The van der Waals surface area contributed by atoms with Crippen LogP contribution in [0.2, 0.25) is 0 Å². The van der Waals surface area contributed by atoms with Gasteiger partial charge in [0.25, 0.3) is 0 Å². The van der Waals surface area contributed by atoms with Gasteiger partial charge in [-0.3, -0.25) is 19.2 Å². The molecule has 8 atom stereocenters. The minimum Gasteiger partial charge on any atom is -0.466 e. The van der Waals surface area contributed by atoms with Crippen LogP contribution in [-0.4, -0.2) is 36.2 Å². The maximum Gasteiger partial charge on any atom is 0.302 e. The van der Waals surface area contributed by atoms with Crippen LogP contribution in [0.15, 0.2) is 0 Å². The van der Waals surface area contributed by atoms with E-state index < -0.39 is 0 Å². The van der Waals surface area contributed by atoms with E-state index in [0.717, 1.165) is 51.4 Å².